The molecule has 1 aromatic rings. The summed E-state index contributed by atoms with van der Waals surface area (Å²) in [6.07, 6.45) is 6.54. The number of carbonyl (C=O) groups excluding carboxylic acids is 1. The molecule has 1 aliphatic carbocycles. The average Bonchev–Trinajstić information content (AvgIpc) is 3.09. The Kier molecular flexibility index (Phi) is 7.02. The third kappa shape index (κ3) is 4.68. The van der Waals surface area contributed by atoms with Gasteiger partial charge < -0.3 is 21.0 Å². The Morgan fingerprint density at radius 2 is 1.96 bits per heavy atom. The first-order valence-corrected chi connectivity index (χ1v) is 9.18. The molecule has 1 fully saturated rings. The standard InChI is InChI=1S/C19H32N2O3/c1-12(2)11-14(20)18(22)16(13-7-4-3-5-8-13)17(21)19(23)15-9-6-10-24-15/h6,9-10,12-14,16-17,19,23H,3-5,7-8,11,20-21H2,1-2H3/t14-,16?,17?,19?/m0/s1. The van der Waals surface area contributed by atoms with E-state index in [1.807, 2.05) is 0 Å². The summed E-state index contributed by atoms with van der Waals surface area (Å²) in [5.41, 5.74) is 12.5. The minimum Gasteiger partial charge on any atom is -0.467 e. The third-order valence-corrected chi connectivity index (χ3v) is 5.19. The largest absolute Gasteiger partial charge is 0.467 e. The third-order valence-electron chi connectivity index (χ3n) is 5.19. The molecule has 0 radical (unpaired) electrons. The maximum Gasteiger partial charge on any atom is 0.154 e. The lowest BCUT2D eigenvalue weighted by Crippen LogP contribution is -2.50. The number of rotatable bonds is 8. The van der Waals surface area contributed by atoms with Crippen molar-refractivity contribution in [3.05, 3.63) is 24.2 Å². The Balaban J connectivity index is 2.19. The van der Waals surface area contributed by atoms with Crippen LogP contribution in [0.2, 0.25) is 0 Å². The Labute approximate surface area is 144 Å². The average molecular weight is 336 g/mol. The van der Waals surface area contributed by atoms with Crippen LogP contribution in [0.1, 0.15) is 64.2 Å². The van der Waals surface area contributed by atoms with Gasteiger partial charge in [0.2, 0.25) is 0 Å². The highest BCUT2D eigenvalue weighted by molar-refractivity contribution is 5.87. The van der Waals surface area contributed by atoms with Crippen molar-refractivity contribution in [2.75, 3.05) is 0 Å². The summed E-state index contributed by atoms with van der Waals surface area (Å²) in [6, 6.07) is 2.20. The van der Waals surface area contributed by atoms with Crippen LogP contribution in [0.15, 0.2) is 22.8 Å². The number of aliphatic hydroxyl groups is 1. The van der Waals surface area contributed by atoms with Crippen molar-refractivity contribution < 1.29 is 14.3 Å². The number of aliphatic hydroxyl groups excluding tert-OH is 1. The van der Waals surface area contributed by atoms with Crippen LogP contribution in [0.4, 0.5) is 0 Å². The van der Waals surface area contributed by atoms with E-state index < -0.39 is 24.1 Å². The van der Waals surface area contributed by atoms with Gasteiger partial charge in [-0.2, -0.15) is 0 Å². The zero-order valence-electron chi connectivity index (χ0n) is 14.9. The van der Waals surface area contributed by atoms with Crippen molar-refractivity contribution in [1.29, 1.82) is 0 Å². The lowest BCUT2D eigenvalue weighted by atomic mass is 9.71. The van der Waals surface area contributed by atoms with Crippen LogP contribution in [0, 0.1) is 17.8 Å². The molecule has 3 unspecified atom stereocenters. The van der Waals surface area contributed by atoms with E-state index in [9.17, 15) is 9.90 Å². The zero-order valence-corrected chi connectivity index (χ0v) is 14.9. The molecule has 2 rings (SSSR count). The van der Waals surface area contributed by atoms with Crippen LogP contribution < -0.4 is 11.5 Å². The summed E-state index contributed by atoms with van der Waals surface area (Å²) >= 11 is 0. The van der Waals surface area contributed by atoms with Crippen molar-refractivity contribution in [2.45, 2.75) is 70.6 Å². The molecule has 136 valence electrons. The van der Waals surface area contributed by atoms with Crippen molar-refractivity contribution in [3.8, 4) is 0 Å². The SMILES string of the molecule is CC(C)C[C@H](N)C(=O)C(C1CCCCC1)C(N)C(O)c1ccco1. The van der Waals surface area contributed by atoms with Gasteiger partial charge >= 0.3 is 0 Å². The molecule has 0 amide bonds. The van der Waals surface area contributed by atoms with E-state index in [1.54, 1.807) is 12.1 Å². The van der Waals surface area contributed by atoms with Gasteiger partial charge in [0.1, 0.15) is 11.9 Å². The molecule has 4 atom stereocenters. The van der Waals surface area contributed by atoms with Crippen LogP contribution in [-0.2, 0) is 4.79 Å². The van der Waals surface area contributed by atoms with Gasteiger partial charge in [-0.25, -0.2) is 0 Å². The van der Waals surface area contributed by atoms with Gasteiger partial charge in [0, 0.05) is 12.0 Å². The van der Waals surface area contributed by atoms with Gasteiger partial charge in [-0.15, -0.1) is 0 Å². The zero-order chi connectivity index (χ0) is 17.7. The van der Waals surface area contributed by atoms with Crippen molar-refractivity contribution in [3.63, 3.8) is 0 Å². The summed E-state index contributed by atoms with van der Waals surface area (Å²) in [5.74, 6) is 0.535. The quantitative estimate of drug-likeness (QED) is 0.677. The molecule has 1 aliphatic rings. The van der Waals surface area contributed by atoms with Gasteiger partial charge in [-0.05, 0) is 43.2 Å². The fourth-order valence-corrected chi connectivity index (χ4v) is 3.95. The Bertz CT molecular complexity index is 495. The molecule has 5 heteroatoms. The predicted molar refractivity (Wildman–Crippen MR) is 94.1 cm³/mol. The van der Waals surface area contributed by atoms with Crippen LogP contribution in [-0.4, -0.2) is 23.0 Å². The van der Waals surface area contributed by atoms with Gasteiger partial charge in [0.05, 0.1) is 12.3 Å². The van der Waals surface area contributed by atoms with Gasteiger partial charge in [-0.3, -0.25) is 4.79 Å². The van der Waals surface area contributed by atoms with Crippen molar-refractivity contribution in [1.82, 2.24) is 0 Å². The minimum atomic E-state index is -0.984. The van der Waals surface area contributed by atoms with Crippen molar-refractivity contribution >= 4 is 5.78 Å². The van der Waals surface area contributed by atoms with E-state index in [1.165, 1.54) is 12.7 Å². The Morgan fingerprint density at radius 3 is 2.50 bits per heavy atom. The van der Waals surface area contributed by atoms with Gasteiger partial charge in [0.15, 0.2) is 5.78 Å². The normalized spacial score (nSPS) is 21.4. The molecule has 5 nitrogen and oxygen atoms in total. The summed E-state index contributed by atoms with van der Waals surface area (Å²) in [6.45, 7) is 4.11. The molecule has 24 heavy (non-hydrogen) atoms. The first-order chi connectivity index (χ1) is 11.4. The van der Waals surface area contributed by atoms with Crippen LogP contribution in [0.25, 0.3) is 0 Å². The Morgan fingerprint density at radius 1 is 1.29 bits per heavy atom. The molecular weight excluding hydrogens is 304 g/mol. The van der Waals surface area contributed by atoms with E-state index >= 15 is 0 Å². The molecule has 0 spiro atoms. The minimum absolute atomic E-state index is 0.00583. The topological polar surface area (TPSA) is 102 Å². The van der Waals surface area contributed by atoms with Crippen molar-refractivity contribution in [2.24, 2.45) is 29.2 Å². The monoisotopic (exact) mass is 336 g/mol. The van der Waals surface area contributed by atoms with Crippen LogP contribution >= 0.6 is 0 Å². The summed E-state index contributed by atoms with van der Waals surface area (Å²) in [4.78, 5) is 13.0. The summed E-state index contributed by atoms with van der Waals surface area (Å²) in [7, 11) is 0. The highest BCUT2D eigenvalue weighted by Crippen LogP contribution is 2.36. The smallest absolute Gasteiger partial charge is 0.154 e. The van der Waals surface area contributed by atoms with Gasteiger partial charge in [-0.1, -0.05) is 33.1 Å². The molecule has 1 heterocycles. The molecule has 0 saturated heterocycles. The maximum atomic E-state index is 13.0. The summed E-state index contributed by atoms with van der Waals surface area (Å²) < 4.78 is 5.29. The Hall–Kier alpha value is -1.17. The number of furan rings is 1. The number of hydrogen-bond donors (Lipinski definition) is 3. The molecule has 0 bridgehead atoms. The fourth-order valence-electron chi connectivity index (χ4n) is 3.95. The highest BCUT2D eigenvalue weighted by Gasteiger charge is 2.40. The lowest BCUT2D eigenvalue weighted by Gasteiger charge is -2.36. The number of Topliss-reactive ketones (excluding diaryl/α,β-unsaturated/α-hetero) is 1. The first kappa shape index (κ1) is 19.2. The second-order valence-corrected chi connectivity index (χ2v) is 7.60. The van der Waals surface area contributed by atoms with E-state index in [0.717, 1.165) is 25.7 Å². The molecule has 1 aromatic heterocycles. The van der Waals surface area contributed by atoms with E-state index in [-0.39, 0.29) is 11.7 Å². The molecule has 1 saturated carbocycles. The number of carbonyl (C=O) groups is 1. The molecule has 5 N–H and O–H groups in total. The van der Waals surface area contributed by atoms with E-state index in [0.29, 0.717) is 18.1 Å². The van der Waals surface area contributed by atoms with E-state index in [4.69, 9.17) is 15.9 Å². The second-order valence-electron chi connectivity index (χ2n) is 7.60. The lowest BCUT2D eigenvalue weighted by molar-refractivity contribution is -0.129. The molecular formula is C19H32N2O3. The predicted octanol–water partition coefficient (Wildman–Crippen LogP) is 2.78. The van der Waals surface area contributed by atoms with E-state index in [2.05, 4.69) is 13.8 Å². The highest BCUT2D eigenvalue weighted by atomic mass is 16.4. The summed E-state index contributed by atoms with van der Waals surface area (Å²) in [5, 5.41) is 10.6. The fraction of sp³-hybridized carbons (Fsp3) is 0.737. The molecule has 0 aliphatic heterocycles. The second kappa shape index (κ2) is 8.79. The van der Waals surface area contributed by atoms with Crippen LogP contribution in [0.5, 0.6) is 0 Å². The molecule has 0 aromatic carbocycles. The number of nitrogens with two attached hydrogens (primary N) is 2. The van der Waals surface area contributed by atoms with Gasteiger partial charge in [0.25, 0.3) is 0 Å². The number of hydrogen-bond acceptors (Lipinski definition) is 5. The maximum absolute atomic E-state index is 13.0. The number of ketones is 1. The van der Waals surface area contributed by atoms with Crippen LogP contribution in [0.3, 0.4) is 0 Å². The first-order valence-electron chi connectivity index (χ1n) is 9.18.